The first-order valence-electron chi connectivity index (χ1n) is 13.5. The molecule has 39 heavy (non-hydrogen) atoms. The van der Waals surface area contributed by atoms with Crippen LogP contribution in [0.25, 0.3) is 22.3 Å². The minimum atomic E-state index is -0.685. The molecule has 0 spiro atoms. The second kappa shape index (κ2) is 10.2. The molecule has 4 aromatic rings. The molecule has 0 bridgehead atoms. The lowest BCUT2D eigenvalue weighted by Gasteiger charge is -2.34. The highest BCUT2D eigenvalue weighted by atomic mass is 19.1. The van der Waals surface area contributed by atoms with Gasteiger partial charge in [-0.1, -0.05) is 6.07 Å². The maximum atomic E-state index is 15.0. The quantitative estimate of drug-likeness (QED) is 0.322. The van der Waals surface area contributed by atoms with E-state index in [1.165, 1.54) is 25.0 Å². The summed E-state index contributed by atoms with van der Waals surface area (Å²) in [5, 5.41) is 2.96. The highest BCUT2D eigenvalue weighted by molar-refractivity contribution is 5.83. The van der Waals surface area contributed by atoms with Gasteiger partial charge >= 0.3 is 0 Å². The third-order valence-electron chi connectivity index (χ3n) is 7.63. The topological polar surface area (TPSA) is 62.1 Å². The summed E-state index contributed by atoms with van der Waals surface area (Å²) in [4.78, 5) is 17.5. The molecule has 2 aliphatic rings. The lowest BCUT2D eigenvalue weighted by atomic mass is 10.1. The van der Waals surface area contributed by atoms with Crippen LogP contribution in [0.15, 0.2) is 36.5 Å². The Labute approximate surface area is 225 Å². The normalized spacial score (nSPS) is 16.9. The third kappa shape index (κ3) is 5.23. The van der Waals surface area contributed by atoms with E-state index in [-0.39, 0.29) is 34.6 Å². The zero-order valence-electron chi connectivity index (χ0n) is 22.4. The van der Waals surface area contributed by atoms with Crippen molar-refractivity contribution in [3.05, 3.63) is 65.4 Å². The Hall–Kier alpha value is -3.50. The van der Waals surface area contributed by atoms with Gasteiger partial charge < -0.3 is 9.88 Å². The second-order valence-electron chi connectivity index (χ2n) is 10.8. The van der Waals surface area contributed by atoms with Crippen LogP contribution in [0, 0.1) is 24.4 Å². The first-order valence-corrected chi connectivity index (χ1v) is 13.5. The molecule has 2 aromatic heterocycles. The SMILES string of the molecule is Cc1nc2c(F)cc(-c3nc(Nc4ccc(CN5CCN(C6CC6)CC5)c(F)c4)ncc3F)cc2n1C(C)C. The number of fused-ring (bicyclic) bond motifs is 1. The number of aryl methyl sites for hydroxylation is 1. The van der Waals surface area contributed by atoms with E-state index >= 15 is 4.39 Å². The largest absolute Gasteiger partial charge is 0.326 e. The zero-order chi connectivity index (χ0) is 27.3. The maximum absolute atomic E-state index is 15.0. The van der Waals surface area contributed by atoms with Crippen molar-refractivity contribution in [3.63, 3.8) is 0 Å². The number of halogens is 3. The van der Waals surface area contributed by atoms with E-state index in [2.05, 4.69) is 30.1 Å². The van der Waals surface area contributed by atoms with E-state index in [1.807, 2.05) is 25.3 Å². The molecule has 6 rings (SSSR count). The number of imidazole rings is 1. The number of anilines is 2. The molecule has 204 valence electrons. The number of hydrogen-bond acceptors (Lipinski definition) is 6. The summed E-state index contributed by atoms with van der Waals surface area (Å²) in [5.41, 5.74) is 2.09. The molecule has 1 aliphatic carbocycles. The van der Waals surface area contributed by atoms with Gasteiger partial charge in [0.15, 0.2) is 11.6 Å². The predicted octanol–water partition coefficient (Wildman–Crippen LogP) is 5.82. The first kappa shape index (κ1) is 25.8. The monoisotopic (exact) mass is 535 g/mol. The van der Waals surface area contributed by atoms with E-state index in [1.54, 1.807) is 18.2 Å². The van der Waals surface area contributed by atoms with Gasteiger partial charge in [-0.2, -0.15) is 0 Å². The zero-order valence-corrected chi connectivity index (χ0v) is 22.4. The Morgan fingerprint density at radius 1 is 0.949 bits per heavy atom. The molecular weight excluding hydrogens is 503 g/mol. The number of rotatable bonds is 7. The molecular formula is C29H32F3N7. The van der Waals surface area contributed by atoms with Crippen molar-refractivity contribution < 1.29 is 13.2 Å². The fraction of sp³-hybridized carbons (Fsp3) is 0.414. The van der Waals surface area contributed by atoms with Crippen LogP contribution in [0.5, 0.6) is 0 Å². The minimum absolute atomic E-state index is 0.0438. The van der Waals surface area contributed by atoms with Gasteiger partial charge in [0.2, 0.25) is 5.95 Å². The van der Waals surface area contributed by atoms with Crippen molar-refractivity contribution in [2.45, 2.75) is 52.2 Å². The number of nitrogens with zero attached hydrogens (tertiary/aromatic N) is 6. The summed E-state index contributed by atoms with van der Waals surface area (Å²) < 4.78 is 46.7. The molecule has 2 fully saturated rings. The van der Waals surface area contributed by atoms with Gasteiger partial charge in [-0.25, -0.2) is 28.1 Å². The molecule has 2 aromatic carbocycles. The van der Waals surface area contributed by atoms with Crippen LogP contribution in [-0.4, -0.2) is 61.5 Å². The van der Waals surface area contributed by atoms with Gasteiger partial charge in [-0.15, -0.1) is 0 Å². The fourth-order valence-electron chi connectivity index (χ4n) is 5.54. The van der Waals surface area contributed by atoms with Gasteiger partial charge in [-0.05, 0) is 57.9 Å². The van der Waals surface area contributed by atoms with Crippen LogP contribution in [-0.2, 0) is 6.54 Å². The lowest BCUT2D eigenvalue weighted by Crippen LogP contribution is -2.46. The lowest BCUT2D eigenvalue weighted by molar-refractivity contribution is 0.120. The van der Waals surface area contributed by atoms with Crippen LogP contribution in [0.3, 0.4) is 0 Å². The second-order valence-corrected chi connectivity index (χ2v) is 10.8. The molecule has 1 aliphatic heterocycles. The van der Waals surface area contributed by atoms with E-state index in [0.717, 1.165) is 38.4 Å². The Bertz CT molecular complexity index is 1520. The van der Waals surface area contributed by atoms with Crippen LogP contribution in [0.2, 0.25) is 0 Å². The Balaban J connectivity index is 1.21. The molecule has 0 amide bonds. The fourth-order valence-corrected chi connectivity index (χ4v) is 5.54. The van der Waals surface area contributed by atoms with E-state index in [4.69, 9.17) is 0 Å². The highest BCUT2D eigenvalue weighted by Crippen LogP contribution is 2.31. The summed E-state index contributed by atoms with van der Waals surface area (Å²) in [7, 11) is 0. The van der Waals surface area contributed by atoms with E-state index in [0.29, 0.717) is 29.1 Å². The number of hydrogen-bond donors (Lipinski definition) is 1. The summed E-state index contributed by atoms with van der Waals surface area (Å²) >= 11 is 0. The first-order chi connectivity index (χ1) is 18.8. The molecule has 1 saturated heterocycles. The average molecular weight is 536 g/mol. The smallest absolute Gasteiger partial charge is 0.227 e. The standard InChI is InChI=1S/C29H32F3N7/c1-17(2)39-18(3)34-28-24(31)12-20(13-26(28)39)27-25(32)15-33-29(36-27)35-21-5-4-19(23(30)14-21)16-37-8-10-38(11-9-37)22-6-7-22/h4-5,12-15,17,22H,6-11,16H2,1-3H3,(H,33,35,36). The number of piperazine rings is 1. The number of benzene rings is 2. The molecule has 3 heterocycles. The molecule has 7 nitrogen and oxygen atoms in total. The maximum Gasteiger partial charge on any atom is 0.227 e. The van der Waals surface area contributed by atoms with E-state index in [9.17, 15) is 8.78 Å². The number of aromatic nitrogens is 4. The van der Waals surface area contributed by atoms with Gasteiger partial charge in [-0.3, -0.25) is 9.80 Å². The van der Waals surface area contributed by atoms with Crippen molar-refractivity contribution in [3.8, 4) is 11.3 Å². The van der Waals surface area contributed by atoms with Crippen LogP contribution in [0.1, 0.15) is 44.1 Å². The summed E-state index contributed by atoms with van der Waals surface area (Å²) in [6.07, 6.45) is 3.64. The van der Waals surface area contributed by atoms with Crippen LogP contribution in [0.4, 0.5) is 24.8 Å². The minimum Gasteiger partial charge on any atom is -0.326 e. The van der Waals surface area contributed by atoms with Gasteiger partial charge in [0.25, 0.3) is 0 Å². The molecule has 1 saturated carbocycles. The molecule has 0 unspecified atom stereocenters. The van der Waals surface area contributed by atoms with Crippen molar-refractivity contribution in [2.24, 2.45) is 0 Å². The molecule has 1 N–H and O–H groups in total. The summed E-state index contributed by atoms with van der Waals surface area (Å²) in [6.45, 7) is 10.3. The van der Waals surface area contributed by atoms with Crippen LogP contribution >= 0.6 is 0 Å². The summed E-state index contributed by atoms with van der Waals surface area (Å²) in [5.74, 6) is -0.799. The molecule has 0 radical (unpaired) electrons. The van der Waals surface area contributed by atoms with Gasteiger partial charge in [0.1, 0.15) is 22.9 Å². The predicted molar refractivity (Wildman–Crippen MR) is 145 cm³/mol. The highest BCUT2D eigenvalue weighted by Gasteiger charge is 2.31. The Kier molecular flexibility index (Phi) is 6.76. The van der Waals surface area contributed by atoms with Crippen molar-refractivity contribution in [2.75, 3.05) is 31.5 Å². The average Bonchev–Trinajstić information content (AvgIpc) is 3.69. The van der Waals surface area contributed by atoms with E-state index < -0.39 is 11.6 Å². The number of nitrogens with one attached hydrogen (secondary N) is 1. The van der Waals surface area contributed by atoms with Gasteiger partial charge in [0.05, 0.1) is 11.7 Å². The van der Waals surface area contributed by atoms with Crippen molar-refractivity contribution in [1.82, 2.24) is 29.3 Å². The Morgan fingerprint density at radius 3 is 2.41 bits per heavy atom. The summed E-state index contributed by atoms with van der Waals surface area (Å²) in [6, 6.07) is 8.65. The van der Waals surface area contributed by atoms with Crippen molar-refractivity contribution in [1.29, 1.82) is 0 Å². The molecule has 10 heteroatoms. The third-order valence-corrected chi connectivity index (χ3v) is 7.63. The Morgan fingerprint density at radius 2 is 1.72 bits per heavy atom. The van der Waals surface area contributed by atoms with Crippen LogP contribution < -0.4 is 5.32 Å². The molecule has 0 atom stereocenters. The van der Waals surface area contributed by atoms with Gasteiger partial charge in [0, 0.05) is 61.6 Å². The van der Waals surface area contributed by atoms with Crippen molar-refractivity contribution >= 4 is 22.7 Å².